The first-order valence-electron chi connectivity index (χ1n) is 4.20. The molecule has 95 valence electrons. The Morgan fingerprint density at radius 1 is 1.38 bits per heavy atom. The maximum atomic E-state index is 11.3. The van der Waals surface area contributed by atoms with E-state index in [1.54, 1.807) is 0 Å². The smallest absolute Gasteiger partial charge is 0.340 e. The first-order chi connectivity index (χ1) is 6.80. The van der Waals surface area contributed by atoms with Gasteiger partial charge in [-0.05, 0) is 6.92 Å². The minimum Gasteiger partial charge on any atom is -0.480 e. The average Bonchev–Trinajstić information content (AvgIpc) is 2.44. The molecule has 1 saturated heterocycles. The molecule has 1 fully saturated rings. The van der Waals surface area contributed by atoms with E-state index >= 15 is 0 Å². The van der Waals surface area contributed by atoms with Gasteiger partial charge in [-0.2, -0.15) is 0 Å². The van der Waals surface area contributed by atoms with Crippen LogP contribution < -0.4 is 0 Å². The second kappa shape index (κ2) is 5.22. The number of amides is 1. The van der Waals surface area contributed by atoms with Crippen LogP contribution in [0.2, 0.25) is 0 Å². The Labute approximate surface area is 112 Å². The Hall–Kier alpha value is -0.500. The van der Waals surface area contributed by atoms with Crippen molar-refractivity contribution in [2.75, 3.05) is 5.75 Å². The normalized spacial score (nSPS) is 28.4. The molecule has 1 heterocycles. The Kier molecular flexibility index (Phi) is 5.06. The van der Waals surface area contributed by atoms with Gasteiger partial charge in [0.05, 0.1) is 0 Å². The standard InChI is InChI=1S/C8H11NO5S.Ag/c1-4(10)9-5(6(11)12)3-15-8(9,2)7(13)14;/h5H,3H2,1-2H3,(H,11,12)(H,13,14);. The number of carbonyl (C=O) groups is 3. The van der Waals surface area contributed by atoms with Gasteiger partial charge in [-0.1, -0.05) is 0 Å². The van der Waals surface area contributed by atoms with Crippen molar-refractivity contribution < 1.29 is 47.0 Å². The first-order valence-corrected chi connectivity index (χ1v) is 5.19. The number of carboxylic acids is 2. The topological polar surface area (TPSA) is 94.9 Å². The zero-order chi connectivity index (χ0) is 11.8. The predicted molar refractivity (Wildman–Crippen MR) is 52.4 cm³/mol. The van der Waals surface area contributed by atoms with E-state index in [2.05, 4.69) is 0 Å². The molecule has 1 aliphatic rings. The van der Waals surface area contributed by atoms with Crippen LogP contribution in [0.4, 0.5) is 0 Å². The molecule has 1 radical (unpaired) electrons. The maximum absolute atomic E-state index is 11.3. The minimum atomic E-state index is -1.48. The number of thioether (sulfide) groups is 1. The van der Waals surface area contributed by atoms with Crippen LogP contribution >= 0.6 is 11.8 Å². The molecule has 1 aliphatic heterocycles. The minimum absolute atomic E-state index is 0. The Morgan fingerprint density at radius 2 is 1.88 bits per heavy atom. The van der Waals surface area contributed by atoms with Gasteiger partial charge in [-0.3, -0.25) is 4.79 Å². The van der Waals surface area contributed by atoms with Crippen molar-refractivity contribution in [3.8, 4) is 0 Å². The van der Waals surface area contributed by atoms with E-state index in [-0.39, 0.29) is 28.1 Å². The van der Waals surface area contributed by atoms with Gasteiger partial charge in [0.1, 0.15) is 6.04 Å². The van der Waals surface area contributed by atoms with Gasteiger partial charge < -0.3 is 15.1 Å². The van der Waals surface area contributed by atoms with E-state index in [9.17, 15) is 14.4 Å². The SMILES string of the molecule is CC(=O)N1C(C(=O)O)CSC1(C)C(=O)O.[Ag]. The van der Waals surface area contributed by atoms with Crippen LogP contribution in [0.5, 0.6) is 0 Å². The van der Waals surface area contributed by atoms with Crippen LogP contribution in [-0.2, 0) is 36.8 Å². The molecular weight excluding hydrogens is 330 g/mol. The summed E-state index contributed by atoms with van der Waals surface area (Å²) in [4.78, 5) is 32.5. The first kappa shape index (κ1) is 15.5. The summed E-state index contributed by atoms with van der Waals surface area (Å²) >= 11 is 0.950. The number of nitrogens with zero attached hydrogens (tertiary/aromatic N) is 1. The molecule has 0 aromatic carbocycles. The van der Waals surface area contributed by atoms with Gasteiger partial charge in [0.2, 0.25) is 5.91 Å². The van der Waals surface area contributed by atoms with E-state index in [0.717, 1.165) is 16.7 Å². The summed E-state index contributed by atoms with van der Waals surface area (Å²) in [6.07, 6.45) is 0. The van der Waals surface area contributed by atoms with Crippen molar-refractivity contribution >= 4 is 29.6 Å². The van der Waals surface area contributed by atoms with Gasteiger partial charge in [0, 0.05) is 35.1 Å². The molecule has 0 bridgehead atoms. The molecule has 8 heteroatoms. The second-order valence-corrected chi connectivity index (χ2v) is 4.76. The summed E-state index contributed by atoms with van der Waals surface area (Å²) in [6.45, 7) is 2.51. The fourth-order valence-corrected chi connectivity index (χ4v) is 2.84. The number of hydrogen-bond donors (Lipinski definition) is 2. The maximum Gasteiger partial charge on any atom is 0.340 e. The third-order valence-corrected chi connectivity index (χ3v) is 3.73. The molecule has 0 aliphatic carbocycles. The molecule has 0 aromatic rings. The Morgan fingerprint density at radius 3 is 2.19 bits per heavy atom. The molecule has 2 N–H and O–H groups in total. The van der Waals surface area contributed by atoms with Crippen molar-refractivity contribution in [3.05, 3.63) is 0 Å². The summed E-state index contributed by atoms with van der Waals surface area (Å²) in [5.74, 6) is -2.83. The Bertz CT molecular complexity index is 336. The van der Waals surface area contributed by atoms with Crippen molar-refractivity contribution in [2.24, 2.45) is 0 Å². The van der Waals surface area contributed by atoms with Crippen LogP contribution in [0.25, 0.3) is 0 Å². The molecule has 16 heavy (non-hydrogen) atoms. The zero-order valence-electron chi connectivity index (χ0n) is 8.56. The van der Waals surface area contributed by atoms with E-state index in [0.29, 0.717) is 0 Å². The number of rotatable bonds is 2. The summed E-state index contributed by atoms with van der Waals surface area (Å²) < 4.78 is 0. The number of carboxylic acid groups (broad SMARTS) is 2. The quantitative estimate of drug-likeness (QED) is 0.678. The fourth-order valence-electron chi connectivity index (χ4n) is 1.55. The largest absolute Gasteiger partial charge is 0.480 e. The molecule has 0 aromatic heterocycles. The van der Waals surface area contributed by atoms with Gasteiger partial charge >= 0.3 is 11.9 Å². The number of carbonyl (C=O) groups excluding carboxylic acids is 1. The van der Waals surface area contributed by atoms with E-state index in [1.807, 2.05) is 0 Å². The summed E-state index contributed by atoms with van der Waals surface area (Å²) in [5, 5.41) is 17.8. The van der Waals surface area contributed by atoms with Crippen molar-refractivity contribution in [3.63, 3.8) is 0 Å². The van der Waals surface area contributed by atoms with Gasteiger partial charge in [0.15, 0.2) is 4.87 Å². The fraction of sp³-hybridized carbons (Fsp3) is 0.625. The van der Waals surface area contributed by atoms with Crippen LogP contribution in [0, 0.1) is 0 Å². The summed E-state index contributed by atoms with van der Waals surface area (Å²) in [7, 11) is 0. The van der Waals surface area contributed by atoms with Crippen LogP contribution in [0.15, 0.2) is 0 Å². The van der Waals surface area contributed by atoms with Gasteiger partial charge in [0.25, 0.3) is 0 Å². The van der Waals surface area contributed by atoms with Gasteiger partial charge in [-0.25, -0.2) is 9.59 Å². The van der Waals surface area contributed by atoms with Crippen molar-refractivity contribution in [2.45, 2.75) is 24.8 Å². The van der Waals surface area contributed by atoms with E-state index in [4.69, 9.17) is 10.2 Å². The van der Waals surface area contributed by atoms with E-state index < -0.39 is 28.8 Å². The number of aliphatic carboxylic acids is 2. The third kappa shape index (κ3) is 2.42. The third-order valence-electron chi connectivity index (χ3n) is 2.31. The monoisotopic (exact) mass is 340 g/mol. The number of hydrogen-bond acceptors (Lipinski definition) is 4. The molecule has 1 amide bonds. The van der Waals surface area contributed by atoms with Gasteiger partial charge in [-0.15, -0.1) is 11.8 Å². The van der Waals surface area contributed by atoms with Crippen molar-refractivity contribution in [1.29, 1.82) is 0 Å². The molecular formula is C8H11AgNO5S. The molecule has 1 rings (SSSR count). The molecule has 6 nitrogen and oxygen atoms in total. The zero-order valence-corrected chi connectivity index (χ0v) is 10.9. The summed E-state index contributed by atoms with van der Waals surface area (Å²) in [6, 6.07) is -1.06. The molecule has 2 atom stereocenters. The van der Waals surface area contributed by atoms with Crippen molar-refractivity contribution in [1.82, 2.24) is 4.90 Å². The second-order valence-electron chi connectivity index (χ2n) is 3.34. The Balaban J connectivity index is 0.00000225. The van der Waals surface area contributed by atoms with Crippen LogP contribution in [-0.4, -0.2) is 49.6 Å². The molecule has 0 spiro atoms. The average molecular weight is 341 g/mol. The summed E-state index contributed by atoms with van der Waals surface area (Å²) in [5.41, 5.74) is 0. The molecule has 2 unspecified atom stereocenters. The van der Waals surface area contributed by atoms with E-state index in [1.165, 1.54) is 13.8 Å². The molecule has 0 saturated carbocycles. The van der Waals surface area contributed by atoms with Crippen LogP contribution in [0.3, 0.4) is 0 Å². The predicted octanol–water partition coefficient (Wildman–Crippen LogP) is -0.167. The van der Waals surface area contributed by atoms with Crippen LogP contribution in [0.1, 0.15) is 13.8 Å².